The SMILES string of the molecule is CC(C)C(=O)C[C@H](C(=O)OC(C)(C)C)[C@@H](C)OC(C)(C)C.CC(C)C(=O)C[C@H](C(=O)OC(C)(C)C)[C@@H](C)OC(C)(C)C.C[C@@H](N)C(=O)C[C@@H](CC(=O)OC(C)(C)C)C(=O)OC(C)(C)C.C[C@@H](N)C(=O)C[C@H](C(=O)OC(C)(C)C)[C@@H](C)OC(C)(C)C.C[C@H](N)C(=O)C[C@H](C(=O)OC(C)(C)C)[C@@H](C)OC(C)(C)C. The Balaban J connectivity index is -0.000000401. The number of carbonyl (C=O) groups is 11. The van der Waals surface area contributed by atoms with Crippen molar-refractivity contribution >= 4 is 64.7 Å². The summed E-state index contributed by atoms with van der Waals surface area (Å²) in [6, 6.07) is -1.89. The zero-order valence-corrected chi connectivity index (χ0v) is 74.1. The topological polar surface area (TPSA) is 358 Å². The van der Waals surface area contributed by atoms with E-state index in [0.29, 0.717) is 0 Å². The van der Waals surface area contributed by atoms with Gasteiger partial charge in [-0.3, -0.25) is 52.7 Å². The van der Waals surface area contributed by atoms with Crippen molar-refractivity contribution in [3.63, 3.8) is 0 Å². The Bertz CT molecular complexity index is 2430. The quantitative estimate of drug-likeness (QED) is 0.0444. The molecule has 0 rings (SSSR count). The first kappa shape index (κ1) is 109. The van der Waals surface area contributed by atoms with E-state index in [9.17, 15) is 52.7 Å². The second kappa shape index (κ2) is 45.9. The third-order valence-electron chi connectivity index (χ3n) is 13.8. The zero-order chi connectivity index (χ0) is 85.7. The molecular formula is C82H155N3O21. The number of ketones is 5. The average molecular weight is 1520 g/mol. The van der Waals surface area contributed by atoms with Crippen LogP contribution in [0, 0.1) is 41.4 Å². The molecule has 24 nitrogen and oxygen atoms in total. The number of rotatable bonds is 30. The highest BCUT2D eigenvalue weighted by molar-refractivity contribution is 5.91. The van der Waals surface area contributed by atoms with Gasteiger partial charge in [0, 0.05) is 43.9 Å². The maximum absolute atomic E-state index is 12.4. The van der Waals surface area contributed by atoms with Crippen LogP contribution in [0.15, 0.2) is 0 Å². The molecule has 0 saturated carbocycles. The summed E-state index contributed by atoms with van der Waals surface area (Å²) in [6.45, 7) is 74.5. The summed E-state index contributed by atoms with van der Waals surface area (Å²) in [5.74, 6) is -6.77. The summed E-state index contributed by atoms with van der Waals surface area (Å²) in [5.41, 5.74) is 11.5. The molecule has 0 unspecified atom stereocenters. The van der Waals surface area contributed by atoms with Gasteiger partial charge in [-0.2, -0.15) is 0 Å². The van der Waals surface area contributed by atoms with E-state index in [1.54, 1.807) is 118 Å². The molecule has 0 aromatic carbocycles. The second-order valence-electron chi connectivity index (χ2n) is 38.3. The number of Topliss-reactive ketones (excluding diaryl/α,β-unsaturated/α-hetero) is 5. The fourth-order valence-electron chi connectivity index (χ4n) is 9.18. The molecule has 0 amide bonds. The monoisotopic (exact) mass is 1520 g/mol. The van der Waals surface area contributed by atoms with E-state index in [2.05, 4.69) is 0 Å². The average Bonchev–Trinajstić information content (AvgIpc) is 0.843. The van der Waals surface area contributed by atoms with Crippen LogP contribution in [0.5, 0.6) is 0 Å². The first-order valence-electron chi connectivity index (χ1n) is 37.6. The molecule has 0 heterocycles. The molecule has 0 aromatic rings. The largest absolute Gasteiger partial charge is 0.460 e. The van der Waals surface area contributed by atoms with E-state index in [1.165, 1.54) is 0 Å². The fraction of sp³-hybridized carbons (Fsp3) is 0.866. The summed E-state index contributed by atoms with van der Waals surface area (Å²) in [6.07, 6.45) is -1.56. The first-order valence-corrected chi connectivity index (χ1v) is 37.6. The van der Waals surface area contributed by atoms with Gasteiger partial charge in [-0.05, 0) is 256 Å². The summed E-state index contributed by atoms with van der Waals surface area (Å²) in [7, 11) is 0. The highest BCUT2D eigenvalue weighted by atomic mass is 16.6. The van der Waals surface area contributed by atoms with Crippen molar-refractivity contribution in [3.8, 4) is 0 Å². The van der Waals surface area contributed by atoms with Crippen molar-refractivity contribution in [3.05, 3.63) is 0 Å². The van der Waals surface area contributed by atoms with Crippen LogP contribution in [-0.2, 0) is 100 Å². The molecule has 0 bridgehead atoms. The predicted octanol–water partition coefficient (Wildman–Crippen LogP) is 14.4. The van der Waals surface area contributed by atoms with Crippen LogP contribution in [0.25, 0.3) is 0 Å². The van der Waals surface area contributed by atoms with Crippen molar-refractivity contribution in [2.45, 2.75) is 421 Å². The number of nitrogens with two attached hydrogens (primary N) is 3. The Morgan fingerprint density at radius 3 is 0.557 bits per heavy atom. The normalized spacial score (nSPS) is 16.1. The molecule has 0 spiro atoms. The molecule has 0 saturated heterocycles. The highest BCUT2D eigenvalue weighted by Gasteiger charge is 2.40. The minimum Gasteiger partial charge on any atom is -0.460 e. The summed E-state index contributed by atoms with van der Waals surface area (Å²) in [5, 5.41) is 0. The first-order chi connectivity index (χ1) is 46.6. The standard InChI is InChI=1S/2C17H32O4.C16H29NO5.2C16H31NO4/c2*1-11(2)14(18)10-13(12(3)20-16(4,5)6)15(19)21-17(7,8)9;1-10(17)12(18)8-11(14(20)22-16(5,6)7)9-13(19)21-15(2,3)4;2*1-10(17)13(18)9-12(11(2)20-15(3,4)5)14(19)21-16(6,7)8/h2*11-13H,10H2,1-9H3;10-11H,8-9,17H2,1-7H3;2*10-12H,9,17H2,1-8H3/t2*12-,13+;10-,11+;10-,11+,12-;10-,11-,12+/m11101/s1. The molecule has 0 radical (unpaired) electrons. The van der Waals surface area contributed by atoms with E-state index in [1.807, 2.05) is 166 Å². The van der Waals surface area contributed by atoms with Gasteiger partial charge >= 0.3 is 35.8 Å². The molecule has 6 N–H and O–H groups in total. The number of esters is 6. The predicted molar refractivity (Wildman–Crippen MR) is 417 cm³/mol. The third kappa shape index (κ3) is 60.8. The van der Waals surface area contributed by atoms with Crippen molar-refractivity contribution in [1.82, 2.24) is 0 Å². The fourth-order valence-corrected chi connectivity index (χ4v) is 9.18. The van der Waals surface area contributed by atoms with Gasteiger partial charge in [-0.15, -0.1) is 0 Å². The van der Waals surface area contributed by atoms with Gasteiger partial charge in [0.25, 0.3) is 0 Å². The Morgan fingerprint density at radius 2 is 0.396 bits per heavy atom. The molecule has 12 atom stereocenters. The lowest BCUT2D eigenvalue weighted by Gasteiger charge is -2.31. The van der Waals surface area contributed by atoms with E-state index in [4.69, 9.17) is 64.6 Å². The van der Waals surface area contributed by atoms with Crippen molar-refractivity contribution in [2.75, 3.05) is 0 Å². The minimum atomic E-state index is -0.882. The number of hydrogen-bond acceptors (Lipinski definition) is 24. The molecule has 0 aliphatic rings. The lowest BCUT2D eigenvalue weighted by molar-refractivity contribution is -0.172. The summed E-state index contributed by atoms with van der Waals surface area (Å²) in [4.78, 5) is 133. The summed E-state index contributed by atoms with van der Waals surface area (Å²) >= 11 is 0. The third-order valence-corrected chi connectivity index (χ3v) is 13.8. The van der Waals surface area contributed by atoms with E-state index in [-0.39, 0.29) is 115 Å². The van der Waals surface area contributed by atoms with Crippen LogP contribution >= 0.6 is 0 Å². The number of hydrogen-bond donors (Lipinski definition) is 3. The lowest BCUT2D eigenvalue weighted by Crippen LogP contribution is -2.41. The van der Waals surface area contributed by atoms with Crippen molar-refractivity contribution < 1.29 is 100 Å². The maximum atomic E-state index is 12.4. The highest BCUT2D eigenvalue weighted by Crippen LogP contribution is 2.30. The Morgan fingerprint density at radius 1 is 0.226 bits per heavy atom. The Labute approximate surface area is 641 Å². The molecule has 0 aromatic heterocycles. The summed E-state index contributed by atoms with van der Waals surface area (Å²) < 4.78 is 55.5. The van der Waals surface area contributed by atoms with Crippen molar-refractivity contribution in [1.29, 1.82) is 0 Å². The lowest BCUT2D eigenvalue weighted by atomic mass is 9.92. The molecular weight excluding hydrogens is 1360 g/mol. The van der Waals surface area contributed by atoms with Crippen LogP contribution in [-0.4, -0.2) is 163 Å². The minimum absolute atomic E-state index is 0.0316. The van der Waals surface area contributed by atoms with E-state index >= 15 is 0 Å². The van der Waals surface area contributed by atoms with Crippen LogP contribution in [0.2, 0.25) is 0 Å². The van der Waals surface area contributed by atoms with Crippen LogP contribution in [0.1, 0.15) is 322 Å². The number of carbonyl (C=O) groups excluding carboxylic acids is 11. The Hall–Kier alpha value is -5.11. The molecule has 24 heteroatoms. The smallest absolute Gasteiger partial charge is 0.312 e. The van der Waals surface area contributed by atoms with E-state index in [0.717, 1.165) is 0 Å². The van der Waals surface area contributed by atoms with E-state index < -0.39 is 129 Å². The van der Waals surface area contributed by atoms with Crippen LogP contribution < -0.4 is 17.2 Å². The molecule has 106 heavy (non-hydrogen) atoms. The molecule has 0 aliphatic heterocycles. The molecule has 0 aliphatic carbocycles. The van der Waals surface area contributed by atoms with Gasteiger partial charge in [-0.25, -0.2) is 0 Å². The number of ether oxygens (including phenoxy) is 10. The maximum Gasteiger partial charge on any atom is 0.312 e. The van der Waals surface area contributed by atoms with Gasteiger partial charge in [0.1, 0.15) is 62.5 Å². The van der Waals surface area contributed by atoms with Gasteiger partial charge in [0.15, 0.2) is 0 Å². The van der Waals surface area contributed by atoms with Gasteiger partial charge in [0.05, 0.1) is 101 Å². The van der Waals surface area contributed by atoms with Crippen LogP contribution in [0.3, 0.4) is 0 Å². The zero-order valence-electron chi connectivity index (χ0n) is 74.1. The van der Waals surface area contributed by atoms with Crippen LogP contribution in [0.4, 0.5) is 0 Å². The Kier molecular flexibility index (Phi) is 47.4. The molecule has 624 valence electrons. The molecule has 0 fully saturated rings. The van der Waals surface area contributed by atoms with Crippen molar-refractivity contribution in [2.24, 2.45) is 58.6 Å². The second-order valence-corrected chi connectivity index (χ2v) is 38.3. The van der Waals surface area contributed by atoms with Gasteiger partial charge < -0.3 is 64.6 Å². The van der Waals surface area contributed by atoms with Gasteiger partial charge in [0.2, 0.25) is 0 Å². The van der Waals surface area contributed by atoms with Gasteiger partial charge in [-0.1, -0.05) is 27.7 Å².